The third-order valence-electron chi connectivity index (χ3n) is 3.21. The van der Waals surface area contributed by atoms with Crippen molar-refractivity contribution in [1.82, 2.24) is 19.3 Å². The van der Waals surface area contributed by atoms with E-state index in [1.165, 1.54) is 6.07 Å². The van der Waals surface area contributed by atoms with E-state index in [4.69, 9.17) is 5.73 Å². The molecule has 0 aliphatic carbocycles. The number of halogens is 1. The van der Waals surface area contributed by atoms with E-state index in [1.807, 2.05) is 14.0 Å². The maximum Gasteiger partial charge on any atom is 0.202 e. The molecule has 5 nitrogen and oxygen atoms in total. The van der Waals surface area contributed by atoms with Gasteiger partial charge in [-0.1, -0.05) is 18.2 Å². The molecule has 19 heavy (non-hydrogen) atoms. The second-order valence-electron chi connectivity index (χ2n) is 4.53. The number of benzene rings is 1. The molecule has 98 valence electrons. The van der Waals surface area contributed by atoms with Gasteiger partial charge in [0.05, 0.1) is 12.2 Å². The van der Waals surface area contributed by atoms with Crippen LogP contribution in [0.15, 0.2) is 24.3 Å². The Balaban J connectivity index is 2.15. The number of nitrogens with two attached hydrogens (primary N) is 1. The minimum atomic E-state index is -0.248. The molecule has 0 unspecified atom stereocenters. The van der Waals surface area contributed by atoms with E-state index in [1.54, 1.807) is 27.4 Å². The zero-order chi connectivity index (χ0) is 13.6. The number of aromatic nitrogens is 4. The van der Waals surface area contributed by atoms with Crippen LogP contribution in [0.2, 0.25) is 0 Å². The fourth-order valence-electron chi connectivity index (χ4n) is 2.30. The Morgan fingerprint density at radius 3 is 2.79 bits per heavy atom. The summed E-state index contributed by atoms with van der Waals surface area (Å²) in [6.07, 6.45) is 0. The van der Waals surface area contributed by atoms with Gasteiger partial charge >= 0.3 is 0 Å². The summed E-state index contributed by atoms with van der Waals surface area (Å²) in [6.45, 7) is 2.22. The molecular formula is C13H14FN5. The van der Waals surface area contributed by atoms with Crippen LogP contribution >= 0.6 is 0 Å². The van der Waals surface area contributed by atoms with E-state index in [-0.39, 0.29) is 5.82 Å². The summed E-state index contributed by atoms with van der Waals surface area (Å²) in [4.78, 5) is 4.29. The predicted octanol–water partition coefficient (Wildman–Crippen LogP) is 1.85. The number of nitrogen functional groups attached to an aromatic ring is 1. The van der Waals surface area contributed by atoms with Crippen LogP contribution in [0.3, 0.4) is 0 Å². The number of fused-ring (bicyclic) bond motifs is 1. The van der Waals surface area contributed by atoms with E-state index in [0.717, 1.165) is 16.9 Å². The molecule has 0 spiro atoms. The Hall–Kier alpha value is -2.37. The van der Waals surface area contributed by atoms with E-state index in [9.17, 15) is 4.39 Å². The highest BCUT2D eigenvalue weighted by atomic mass is 19.1. The second kappa shape index (κ2) is 4.08. The van der Waals surface area contributed by atoms with Crippen molar-refractivity contribution in [3.8, 4) is 0 Å². The molecule has 1 aromatic carbocycles. The minimum absolute atomic E-state index is 0.248. The number of rotatable bonds is 2. The van der Waals surface area contributed by atoms with Crippen LogP contribution in [0.4, 0.5) is 10.3 Å². The molecule has 3 rings (SSSR count). The molecule has 0 saturated carbocycles. The number of imidazole rings is 1. The molecule has 0 fully saturated rings. The Morgan fingerprint density at radius 2 is 2.05 bits per heavy atom. The van der Waals surface area contributed by atoms with Crippen molar-refractivity contribution in [2.45, 2.75) is 13.5 Å². The van der Waals surface area contributed by atoms with Gasteiger partial charge in [-0.15, -0.1) is 0 Å². The SMILES string of the molecule is Cc1nn(C)c2c1nc(N)n2Cc1ccccc1F. The van der Waals surface area contributed by atoms with Gasteiger partial charge in [0.2, 0.25) is 5.95 Å². The molecular weight excluding hydrogens is 245 g/mol. The first kappa shape index (κ1) is 11.7. The van der Waals surface area contributed by atoms with E-state index >= 15 is 0 Å². The summed E-state index contributed by atoms with van der Waals surface area (Å²) >= 11 is 0. The molecule has 2 N–H and O–H groups in total. The summed E-state index contributed by atoms with van der Waals surface area (Å²) < 4.78 is 17.2. The number of nitrogens with zero attached hydrogens (tertiary/aromatic N) is 4. The molecule has 3 aromatic rings. The monoisotopic (exact) mass is 259 g/mol. The lowest BCUT2D eigenvalue weighted by atomic mass is 10.2. The summed E-state index contributed by atoms with van der Waals surface area (Å²) in [7, 11) is 1.83. The second-order valence-corrected chi connectivity index (χ2v) is 4.53. The quantitative estimate of drug-likeness (QED) is 0.764. The van der Waals surface area contributed by atoms with E-state index < -0.39 is 0 Å². The van der Waals surface area contributed by atoms with Gasteiger partial charge in [0.25, 0.3) is 0 Å². The zero-order valence-electron chi connectivity index (χ0n) is 10.8. The van der Waals surface area contributed by atoms with Crippen LogP contribution in [-0.2, 0) is 13.6 Å². The molecule has 2 aromatic heterocycles. The summed E-state index contributed by atoms with van der Waals surface area (Å²) in [5, 5.41) is 4.30. The third-order valence-corrected chi connectivity index (χ3v) is 3.21. The fraction of sp³-hybridized carbons (Fsp3) is 0.231. The van der Waals surface area contributed by atoms with E-state index in [2.05, 4.69) is 10.1 Å². The van der Waals surface area contributed by atoms with Crippen molar-refractivity contribution in [2.75, 3.05) is 5.73 Å². The predicted molar refractivity (Wildman–Crippen MR) is 71.2 cm³/mol. The van der Waals surface area contributed by atoms with Gasteiger partial charge in [0.1, 0.15) is 11.3 Å². The van der Waals surface area contributed by atoms with Crippen molar-refractivity contribution in [3.63, 3.8) is 0 Å². The zero-order valence-corrected chi connectivity index (χ0v) is 10.8. The van der Waals surface area contributed by atoms with Crippen molar-refractivity contribution in [1.29, 1.82) is 0 Å². The summed E-state index contributed by atoms with van der Waals surface area (Å²) in [5.74, 6) is 0.122. The van der Waals surface area contributed by atoms with Gasteiger partial charge < -0.3 is 5.73 Å². The summed E-state index contributed by atoms with van der Waals surface area (Å²) in [5.41, 5.74) is 8.88. The largest absolute Gasteiger partial charge is 0.369 e. The third kappa shape index (κ3) is 1.76. The molecule has 0 atom stereocenters. The highest BCUT2D eigenvalue weighted by Gasteiger charge is 2.16. The van der Waals surface area contributed by atoms with Gasteiger partial charge in [-0.3, -0.25) is 9.25 Å². The van der Waals surface area contributed by atoms with Crippen LogP contribution in [0, 0.1) is 12.7 Å². The molecule has 2 heterocycles. The standard InChI is InChI=1S/C13H14FN5/c1-8-11-12(18(2)17-8)19(13(15)16-11)7-9-5-3-4-6-10(9)14/h3-6H,7H2,1-2H3,(H2,15,16). The van der Waals surface area contributed by atoms with Crippen molar-refractivity contribution >= 4 is 17.1 Å². The fourth-order valence-corrected chi connectivity index (χ4v) is 2.30. The van der Waals surface area contributed by atoms with Gasteiger partial charge in [0.15, 0.2) is 5.65 Å². The lowest BCUT2D eigenvalue weighted by molar-refractivity contribution is 0.600. The van der Waals surface area contributed by atoms with E-state index in [0.29, 0.717) is 18.1 Å². The molecule has 0 aliphatic rings. The lowest BCUT2D eigenvalue weighted by Gasteiger charge is -2.07. The maximum atomic E-state index is 13.7. The summed E-state index contributed by atoms with van der Waals surface area (Å²) in [6, 6.07) is 6.65. The molecule has 0 amide bonds. The number of hydrogen-bond acceptors (Lipinski definition) is 3. The van der Waals surface area contributed by atoms with Gasteiger partial charge in [-0.2, -0.15) is 5.10 Å². The molecule has 0 radical (unpaired) electrons. The highest BCUT2D eigenvalue weighted by Crippen LogP contribution is 2.22. The molecule has 0 aliphatic heterocycles. The first-order valence-corrected chi connectivity index (χ1v) is 5.96. The van der Waals surface area contributed by atoms with Crippen LogP contribution in [-0.4, -0.2) is 19.3 Å². The Labute approximate surface area is 109 Å². The number of aryl methyl sites for hydroxylation is 2. The average Bonchev–Trinajstić information content (AvgIpc) is 2.82. The van der Waals surface area contributed by atoms with Gasteiger partial charge in [-0.05, 0) is 13.0 Å². The Morgan fingerprint density at radius 1 is 1.32 bits per heavy atom. The number of hydrogen-bond donors (Lipinski definition) is 1. The van der Waals surface area contributed by atoms with Crippen LogP contribution in [0.5, 0.6) is 0 Å². The normalized spacial score (nSPS) is 11.3. The first-order chi connectivity index (χ1) is 9.08. The van der Waals surface area contributed by atoms with Crippen LogP contribution < -0.4 is 5.73 Å². The molecule has 0 bridgehead atoms. The van der Waals surface area contributed by atoms with Gasteiger partial charge in [-0.25, -0.2) is 9.37 Å². The molecule has 6 heteroatoms. The van der Waals surface area contributed by atoms with Gasteiger partial charge in [0, 0.05) is 12.6 Å². The first-order valence-electron chi connectivity index (χ1n) is 5.96. The van der Waals surface area contributed by atoms with Crippen LogP contribution in [0.25, 0.3) is 11.2 Å². The number of anilines is 1. The maximum absolute atomic E-state index is 13.7. The topological polar surface area (TPSA) is 61.7 Å². The lowest BCUT2D eigenvalue weighted by Crippen LogP contribution is -2.09. The average molecular weight is 259 g/mol. The van der Waals surface area contributed by atoms with Crippen molar-refractivity contribution in [2.24, 2.45) is 7.05 Å². The smallest absolute Gasteiger partial charge is 0.202 e. The Bertz CT molecular complexity index is 756. The van der Waals surface area contributed by atoms with Crippen molar-refractivity contribution < 1.29 is 4.39 Å². The highest BCUT2D eigenvalue weighted by molar-refractivity contribution is 5.77. The molecule has 0 saturated heterocycles. The van der Waals surface area contributed by atoms with Crippen molar-refractivity contribution in [3.05, 3.63) is 41.3 Å². The minimum Gasteiger partial charge on any atom is -0.369 e. The Kier molecular flexibility index (Phi) is 2.51. The van der Waals surface area contributed by atoms with Crippen LogP contribution in [0.1, 0.15) is 11.3 Å².